The standard InChI is InChI=1S/C18H27NO3/c1-18(2,3)22-17(21)19-11-9-15(10-12-19)16(13-20)14-7-5-4-6-8-14/h4-8,15-16,20H,9-13H2,1-3H3/t16-/m1/s1. The van der Waals surface area contributed by atoms with Crippen LogP contribution < -0.4 is 0 Å². The van der Waals surface area contributed by atoms with E-state index >= 15 is 0 Å². The first kappa shape index (κ1) is 16.8. The maximum atomic E-state index is 12.1. The van der Waals surface area contributed by atoms with E-state index in [0.29, 0.717) is 19.0 Å². The second-order valence-corrected chi connectivity index (χ2v) is 7.00. The van der Waals surface area contributed by atoms with Crippen molar-refractivity contribution < 1.29 is 14.6 Å². The number of hydrogen-bond donors (Lipinski definition) is 1. The van der Waals surface area contributed by atoms with Gasteiger partial charge in [-0.1, -0.05) is 30.3 Å². The van der Waals surface area contributed by atoms with E-state index in [1.807, 2.05) is 39.0 Å². The van der Waals surface area contributed by atoms with Crippen molar-refractivity contribution in [3.05, 3.63) is 35.9 Å². The molecule has 1 amide bonds. The number of nitrogens with zero attached hydrogens (tertiary/aromatic N) is 1. The second-order valence-electron chi connectivity index (χ2n) is 7.00. The van der Waals surface area contributed by atoms with Gasteiger partial charge >= 0.3 is 6.09 Å². The first-order valence-electron chi connectivity index (χ1n) is 8.04. The normalized spacial score (nSPS) is 18.1. The number of aliphatic hydroxyl groups excluding tert-OH is 1. The molecule has 0 saturated carbocycles. The maximum absolute atomic E-state index is 12.1. The summed E-state index contributed by atoms with van der Waals surface area (Å²) in [6, 6.07) is 10.1. The molecule has 0 radical (unpaired) electrons. The first-order valence-corrected chi connectivity index (χ1v) is 8.04. The van der Waals surface area contributed by atoms with Crippen molar-refractivity contribution in [2.24, 2.45) is 5.92 Å². The summed E-state index contributed by atoms with van der Waals surface area (Å²) < 4.78 is 5.42. The lowest BCUT2D eigenvalue weighted by Crippen LogP contribution is -2.42. The summed E-state index contributed by atoms with van der Waals surface area (Å²) in [5.74, 6) is 0.563. The van der Waals surface area contributed by atoms with Crippen LogP contribution in [-0.2, 0) is 4.74 Å². The summed E-state index contributed by atoms with van der Waals surface area (Å²) in [6.45, 7) is 7.20. The molecule has 22 heavy (non-hydrogen) atoms. The van der Waals surface area contributed by atoms with Crippen LogP contribution >= 0.6 is 0 Å². The van der Waals surface area contributed by atoms with E-state index in [1.165, 1.54) is 5.56 Å². The molecule has 2 rings (SSSR count). The van der Waals surface area contributed by atoms with Crippen molar-refractivity contribution in [3.63, 3.8) is 0 Å². The predicted octanol–water partition coefficient (Wildman–Crippen LogP) is 3.41. The number of aliphatic hydroxyl groups is 1. The van der Waals surface area contributed by atoms with E-state index in [2.05, 4.69) is 12.1 Å². The third-order valence-corrected chi connectivity index (χ3v) is 4.18. The topological polar surface area (TPSA) is 49.8 Å². The fourth-order valence-corrected chi connectivity index (χ4v) is 3.04. The zero-order chi connectivity index (χ0) is 16.2. The summed E-state index contributed by atoms with van der Waals surface area (Å²) in [4.78, 5) is 13.9. The summed E-state index contributed by atoms with van der Waals surface area (Å²) in [7, 11) is 0. The highest BCUT2D eigenvalue weighted by Gasteiger charge is 2.30. The average molecular weight is 305 g/mol. The number of amides is 1. The highest BCUT2D eigenvalue weighted by Crippen LogP contribution is 2.32. The van der Waals surface area contributed by atoms with E-state index in [0.717, 1.165) is 12.8 Å². The Morgan fingerprint density at radius 2 is 1.86 bits per heavy atom. The number of piperidine rings is 1. The fourth-order valence-electron chi connectivity index (χ4n) is 3.04. The number of likely N-dealkylation sites (tertiary alicyclic amines) is 1. The quantitative estimate of drug-likeness (QED) is 0.931. The Bertz CT molecular complexity index is 473. The lowest BCUT2D eigenvalue weighted by Gasteiger charge is -2.36. The number of carbonyl (C=O) groups excluding carboxylic acids is 1. The molecule has 1 aromatic rings. The third kappa shape index (κ3) is 4.47. The van der Waals surface area contributed by atoms with Crippen LogP contribution in [0.3, 0.4) is 0 Å². The zero-order valence-corrected chi connectivity index (χ0v) is 13.8. The van der Waals surface area contributed by atoms with Crippen LogP contribution in [-0.4, -0.2) is 41.4 Å². The highest BCUT2D eigenvalue weighted by atomic mass is 16.6. The van der Waals surface area contributed by atoms with Crippen LogP contribution in [0, 0.1) is 5.92 Å². The van der Waals surface area contributed by atoms with Crippen LogP contribution in [0.4, 0.5) is 4.79 Å². The molecule has 1 aromatic carbocycles. The van der Waals surface area contributed by atoms with Gasteiger partial charge < -0.3 is 14.7 Å². The molecular weight excluding hydrogens is 278 g/mol. The Morgan fingerprint density at radius 3 is 2.36 bits per heavy atom. The average Bonchev–Trinajstić information content (AvgIpc) is 2.48. The molecule has 1 atom stereocenters. The minimum atomic E-state index is -0.453. The second kappa shape index (κ2) is 7.14. The van der Waals surface area contributed by atoms with E-state index < -0.39 is 5.60 Å². The molecule has 0 aliphatic carbocycles. The molecule has 0 bridgehead atoms. The molecular formula is C18H27NO3. The Hall–Kier alpha value is -1.55. The van der Waals surface area contributed by atoms with Gasteiger partial charge in [-0.2, -0.15) is 0 Å². The van der Waals surface area contributed by atoms with Gasteiger partial charge in [0.05, 0.1) is 6.61 Å². The number of ether oxygens (including phenoxy) is 1. The van der Waals surface area contributed by atoms with Gasteiger partial charge in [0.2, 0.25) is 0 Å². The third-order valence-electron chi connectivity index (χ3n) is 4.18. The molecule has 0 aromatic heterocycles. The van der Waals surface area contributed by atoms with E-state index in [-0.39, 0.29) is 18.6 Å². The van der Waals surface area contributed by atoms with Gasteiger partial charge in [-0.15, -0.1) is 0 Å². The maximum Gasteiger partial charge on any atom is 0.410 e. The monoisotopic (exact) mass is 305 g/mol. The molecule has 1 heterocycles. The molecule has 0 spiro atoms. The highest BCUT2D eigenvalue weighted by molar-refractivity contribution is 5.68. The summed E-state index contributed by atoms with van der Waals surface area (Å²) >= 11 is 0. The van der Waals surface area contributed by atoms with Crippen LogP contribution in [0.25, 0.3) is 0 Å². The van der Waals surface area contributed by atoms with Gasteiger partial charge in [0.1, 0.15) is 5.60 Å². The van der Waals surface area contributed by atoms with Gasteiger partial charge in [-0.05, 0) is 45.1 Å². The van der Waals surface area contributed by atoms with E-state index in [9.17, 15) is 9.90 Å². The van der Waals surface area contributed by atoms with Crippen LogP contribution in [0.15, 0.2) is 30.3 Å². The van der Waals surface area contributed by atoms with Gasteiger partial charge in [0, 0.05) is 19.0 Å². The fraction of sp³-hybridized carbons (Fsp3) is 0.611. The lowest BCUT2D eigenvalue weighted by atomic mass is 9.80. The molecule has 1 aliphatic rings. The number of hydrogen-bond acceptors (Lipinski definition) is 3. The molecule has 4 heteroatoms. The molecule has 1 fully saturated rings. The molecule has 1 aliphatic heterocycles. The Kier molecular flexibility index (Phi) is 5.46. The van der Waals surface area contributed by atoms with Crippen molar-refractivity contribution in [2.75, 3.05) is 19.7 Å². The number of rotatable bonds is 3. The largest absolute Gasteiger partial charge is 0.444 e. The van der Waals surface area contributed by atoms with Crippen LogP contribution in [0.1, 0.15) is 45.1 Å². The Labute approximate surface area is 133 Å². The molecule has 1 N–H and O–H groups in total. The van der Waals surface area contributed by atoms with Crippen molar-refractivity contribution in [1.29, 1.82) is 0 Å². The van der Waals surface area contributed by atoms with Gasteiger partial charge in [-0.25, -0.2) is 4.79 Å². The SMILES string of the molecule is CC(C)(C)OC(=O)N1CCC([C@H](CO)c2ccccc2)CC1. The van der Waals surface area contributed by atoms with Crippen molar-refractivity contribution in [3.8, 4) is 0 Å². The van der Waals surface area contributed by atoms with Crippen molar-refractivity contribution in [1.82, 2.24) is 4.90 Å². The summed E-state index contributed by atoms with van der Waals surface area (Å²) in [6.07, 6.45) is 1.57. The van der Waals surface area contributed by atoms with Crippen LogP contribution in [0.5, 0.6) is 0 Å². The molecule has 1 saturated heterocycles. The smallest absolute Gasteiger partial charge is 0.410 e. The van der Waals surface area contributed by atoms with Gasteiger partial charge in [-0.3, -0.25) is 0 Å². The number of benzene rings is 1. The predicted molar refractivity (Wildman–Crippen MR) is 86.8 cm³/mol. The van der Waals surface area contributed by atoms with Gasteiger partial charge in [0.15, 0.2) is 0 Å². The summed E-state index contributed by atoms with van der Waals surface area (Å²) in [5.41, 5.74) is 0.728. The Balaban J connectivity index is 1.92. The van der Waals surface area contributed by atoms with Crippen LogP contribution in [0.2, 0.25) is 0 Å². The molecule has 0 unspecified atom stereocenters. The van der Waals surface area contributed by atoms with E-state index in [1.54, 1.807) is 4.90 Å². The first-order chi connectivity index (χ1) is 10.4. The Morgan fingerprint density at radius 1 is 1.27 bits per heavy atom. The van der Waals surface area contributed by atoms with Gasteiger partial charge in [0.25, 0.3) is 0 Å². The summed E-state index contributed by atoms with van der Waals surface area (Å²) in [5, 5.41) is 9.75. The molecule has 122 valence electrons. The minimum Gasteiger partial charge on any atom is -0.444 e. The lowest BCUT2D eigenvalue weighted by molar-refractivity contribution is 0.0165. The van der Waals surface area contributed by atoms with E-state index in [4.69, 9.17) is 4.74 Å². The van der Waals surface area contributed by atoms with Crippen molar-refractivity contribution >= 4 is 6.09 Å². The van der Waals surface area contributed by atoms with Crippen molar-refractivity contribution in [2.45, 2.75) is 45.1 Å². The zero-order valence-electron chi connectivity index (χ0n) is 13.8. The minimum absolute atomic E-state index is 0.154. The molecule has 4 nitrogen and oxygen atoms in total. The number of carbonyl (C=O) groups is 1.